The Bertz CT molecular complexity index is 579. The van der Waals surface area contributed by atoms with Crippen LogP contribution in [0.3, 0.4) is 0 Å². The van der Waals surface area contributed by atoms with Gasteiger partial charge in [-0.25, -0.2) is 0 Å². The average Bonchev–Trinajstić information content (AvgIpc) is 2.68. The van der Waals surface area contributed by atoms with Gasteiger partial charge in [0.15, 0.2) is 0 Å². The molecule has 2 fully saturated rings. The molecule has 1 aliphatic heterocycles. The predicted octanol–water partition coefficient (Wildman–Crippen LogP) is 4.22. The first-order valence-electron chi connectivity index (χ1n) is 9.85. The zero-order valence-corrected chi connectivity index (χ0v) is 15.2. The molecule has 1 heterocycles. The van der Waals surface area contributed by atoms with Crippen molar-refractivity contribution >= 4 is 17.5 Å². The highest BCUT2D eigenvalue weighted by Crippen LogP contribution is 2.32. The third-order valence-corrected chi connectivity index (χ3v) is 5.87. The van der Waals surface area contributed by atoms with Gasteiger partial charge in [0.05, 0.1) is 0 Å². The molecule has 1 N–H and O–H groups in total. The fourth-order valence-corrected chi connectivity index (χ4v) is 4.32. The minimum absolute atomic E-state index is 0.0348. The number of nitrogens with zero attached hydrogens (tertiary/aromatic N) is 1. The average molecular weight is 342 g/mol. The topological polar surface area (TPSA) is 49.4 Å². The van der Waals surface area contributed by atoms with Crippen LogP contribution in [-0.4, -0.2) is 29.3 Å². The van der Waals surface area contributed by atoms with E-state index in [9.17, 15) is 9.59 Å². The number of hydrogen-bond acceptors (Lipinski definition) is 2. The lowest BCUT2D eigenvalue weighted by Crippen LogP contribution is -2.47. The molecule has 1 unspecified atom stereocenters. The molecule has 1 aliphatic carbocycles. The van der Waals surface area contributed by atoms with E-state index in [1.54, 1.807) is 0 Å². The van der Waals surface area contributed by atoms with Crippen molar-refractivity contribution in [3.8, 4) is 0 Å². The van der Waals surface area contributed by atoms with Crippen LogP contribution in [0.2, 0.25) is 0 Å². The number of para-hydroxylation sites is 1. The fourth-order valence-electron chi connectivity index (χ4n) is 4.32. The van der Waals surface area contributed by atoms with E-state index >= 15 is 0 Å². The molecule has 0 spiro atoms. The minimum atomic E-state index is 0.0348. The normalized spacial score (nSPS) is 26.9. The van der Waals surface area contributed by atoms with E-state index in [1.165, 1.54) is 6.42 Å². The molecule has 0 bridgehead atoms. The number of anilines is 1. The van der Waals surface area contributed by atoms with Crippen LogP contribution in [0.5, 0.6) is 0 Å². The van der Waals surface area contributed by atoms with Gasteiger partial charge in [-0.15, -0.1) is 0 Å². The van der Waals surface area contributed by atoms with E-state index in [0.717, 1.165) is 57.2 Å². The van der Waals surface area contributed by atoms with Crippen molar-refractivity contribution in [3.05, 3.63) is 30.3 Å². The van der Waals surface area contributed by atoms with E-state index in [-0.39, 0.29) is 17.7 Å². The maximum Gasteiger partial charge on any atom is 0.227 e. The summed E-state index contributed by atoms with van der Waals surface area (Å²) < 4.78 is 0. The summed E-state index contributed by atoms with van der Waals surface area (Å²) in [5.41, 5.74) is 0.852. The number of rotatable bonds is 4. The van der Waals surface area contributed by atoms with Gasteiger partial charge >= 0.3 is 0 Å². The number of benzene rings is 1. The Morgan fingerprint density at radius 1 is 1.00 bits per heavy atom. The second-order valence-corrected chi connectivity index (χ2v) is 7.49. The summed E-state index contributed by atoms with van der Waals surface area (Å²) >= 11 is 0. The largest absolute Gasteiger partial charge is 0.339 e. The van der Waals surface area contributed by atoms with Crippen molar-refractivity contribution in [2.24, 2.45) is 11.8 Å². The number of nitrogens with one attached hydrogen (secondary N) is 1. The van der Waals surface area contributed by atoms with Gasteiger partial charge in [0.25, 0.3) is 0 Å². The molecule has 1 aromatic carbocycles. The molecule has 1 saturated heterocycles. The van der Waals surface area contributed by atoms with Crippen LogP contribution in [0.15, 0.2) is 30.3 Å². The van der Waals surface area contributed by atoms with Gasteiger partial charge in [-0.05, 0) is 63.5 Å². The first-order chi connectivity index (χ1) is 12.2. The third-order valence-electron chi connectivity index (χ3n) is 5.87. The lowest BCUT2D eigenvalue weighted by molar-refractivity contribution is -0.141. The molecule has 1 saturated carbocycles. The smallest absolute Gasteiger partial charge is 0.227 e. The Balaban J connectivity index is 1.51. The summed E-state index contributed by atoms with van der Waals surface area (Å²) in [6, 6.07) is 10.0. The number of likely N-dealkylation sites (tertiary alicyclic amines) is 1. The van der Waals surface area contributed by atoms with Crippen molar-refractivity contribution in [2.45, 2.75) is 64.3 Å². The second-order valence-electron chi connectivity index (χ2n) is 7.49. The Labute approximate surface area is 151 Å². The summed E-state index contributed by atoms with van der Waals surface area (Å²) in [6.07, 6.45) is 7.92. The highest BCUT2D eigenvalue weighted by atomic mass is 16.2. The number of hydrogen-bond donors (Lipinski definition) is 1. The van der Waals surface area contributed by atoms with Crippen molar-refractivity contribution in [1.82, 2.24) is 4.90 Å². The lowest BCUT2D eigenvalue weighted by atomic mass is 9.80. The fraction of sp³-hybridized carbons (Fsp3) is 0.619. The molecule has 4 heteroatoms. The molecule has 2 amide bonds. The van der Waals surface area contributed by atoms with Gasteiger partial charge in [0, 0.05) is 30.1 Å². The molecule has 0 aromatic heterocycles. The van der Waals surface area contributed by atoms with E-state index < -0.39 is 0 Å². The van der Waals surface area contributed by atoms with Gasteiger partial charge in [-0.1, -0.05) is 25.1 Å². The van der Waals surface area contributed by atoms with E-state index in [4.69, 9.17) is 0 Å². The zero-order valence-electron chi connectivity index (χ0n) is 15.2. The van der Waals surface area contributed by atoms with Gasteiger partial charge in [0.2, 0.25) is 11.8 Å². The third kappa shape index (κ3) is 4.42. The number of amides is 2. The standard InChI is InChI=1S/C21H30N2O2/c1-2-19-10-6-7-15-23(19)21(25)17-13-11-16(12-14-17)20(24)22-18-8-4-3-5-9-18/h3-5,8-9,16-17,19H,2,6-7,10-15H2,1H3,(H,22,24). The zero-order chi connectivity index (χ0) is 17.6. The molecule has 25 heavy (non-hydrogen) atoms. The predicted molar refractivity (Wildman–Crippen MR) is 100 cm³/mol. The van der Waals surface area contributed by atoms with Gasteiger partial charge < -0.3 is 10.2 Å². The first-order valence-corrected chi connectivity index (χ1v) is 9.85. The van der Waals surface area contributed by atoms with E-state index in [2.05, 4.69) is 17.1 Å². The van der Waals surface area contributed by atoms with Gasteiger partial charge in [0.1, 0.15) is 0 Å². The summed E-state index contributed by atoms with van der Waals surface area (Å²) in [6.45, 7) is 3.10. The van der Waals surface area contributed by atoms with Crippen LogP contribution in [0.1, 0.15) is 58.3 Å². The summed E-state index contributed by atoms with van der Waals surface area (Å²) in [5, 5.41) is 3.00. The summed E-state index contributed by atoms with van der Waals surface area (Å²) in [4.78, 5) is 27.5. The maximum atomic E-state index is 12.9. The quantitative estimate of drug-likeness (QED) is 0.890. The highest BCUT2D eigenvalue weighted by molar-refractivity contribution is 5.92. The van der Waals surface area contributed by atoms with Crippen LogP contribution in [0.25, 0.3) is 0 Å². The van der Waals surface area contributed by atoms with Crippen LogP contribution in [0.4, 0.5) is 5.69 Å². The molecule has 0 radical (unpaired) electrons. The molecular formula is C21H30N2O2. The Kier molecular flexibility index (Phi) is 6.11. The molecular weight excluding hydrogens is 312 g/mol. The van der Waals surface area contributed by atoms with E-state index in [0.29, 0.717) is 11.9 Å². The Hall–Kier alpha value is -1.84. The molecule has 1 aromatic rings. The molecule has 2 aliphatic rings. The van der Waals surface area contributed by atoms with E-state index in [1.807, 2.05) is 30.3 Å². The monoisotopic (exact) mass is 342 g/mol. The first kappa shape index (κ1) is 18.0. The molecule has 4 nitrogen and oxygen atoms in total. The number of piperidine rings is 1. The van der Waals surface area contributed by atoms with Crippen molar-refractivity contribution in [1.29, 1.82) is 0 Å². The van der Waals surface area contributed by atoms with Gasteiger partial charge in [-0.2, -0.15) is 0 Å². The van der Waals surface area contributed by atoms with Gasteiger partial charge in [-0.3, -0.25) is 9.59 Å². The Morgan fingerprint density at radius 3 is 2.36 bits per heavy atom. The lowest BCUT2D eigenvalue weighted by Gasteiger charge is -2.39. The summed E-state index contributed by atoms with van der Waals surface area (Å²) in [5.74, 6) is 0.593. The molecule has 1 atom stereocenters. The SMILES string of the molecule is CCC1CCCCN1C(=O)C1CCC(C(=O)Nc2ccccc2)CC1. The number of carbonyl (C=O) groups excluding carboxylic acids is 2. The van der Waals surface area contributed by atoms with Crippen molar-refractivity contribution < 1.29 is 9.59 Å². The number of carbonyl (C=O) groups is 2. The molecule has 3 rings (SSSR count). The summed E-state index contributed by atoms with van der Waals surface area (Å²) in [7, 11) is 0. The van der Waals surface area contributed by atoms with Crippen LogP contribution >= 0.6 is 0 Å². The maximum absolute atomic E-state index is 12.9. The second kappa shape index (κ2) is 8.50. The van der Waals surface area contributed by atoms with Crippen LogP contribution in [-0.2, 0) is 9.59 Å². The van der Waals surface area contributed by atoms with Crippen LogP contribution < -0.4 is 5.32 Å². The van der Waals surface area contributed by atoms with Crippen LogP contribution in [0, 0.1) is 11.8 Å². The minimum Gasteiger partial charge on any atom is -0.339 e. The highest BCUT2D eigenvalue weighted by Gasteiger charge is 2.34. The van der Waals surface area contributed by atoms with Crippen molar-refractivity contribution in [3.63, 3.8) is 0 Å². The Morgan fingerprint density at radius 2 is 1.68 bits per heavy atom. The molecule has 136 valence electrons. The van der Waals surface area contributed by atoms with Crippen molar-refractivity contribution in [2.75, 3.05) is 11.9 Å².